The lowest BCUT2D eigenvalue weighted by Gasteiger charge is -2.36. The smallest absolute Gasteiger partial charge is 0.256 e. The standard InChI is InChI=1S/C21H26N4O3/c1-14-12-25(13-15(2)28-14)20-10-18(17-5-8-27-9-6-19(17)24-20)21(26)23-16-4-3-7-22-11-16/h3-4,7,10-11,14-15H,5-6,8-9,12-13H2,1-2H3,(H,23,26)/t14-,15+. The molecule has 2 aromatic heterocycles. The Balaban J connectivity index is 1.70. The normalized spacial score (nSPS) is 22.3. The molecular formula is C21H26N4O3. The third kappa shape index (κ3) is 4.15. The predicted octanol–water partition coefficient (Wildman–Crippen LogP) is 2.46. The molecule has 28 heavy (non-hydrogen) atoms. The van der Waals surface area contributed by atoms with Gasteiger partial charge < -0.3 is 19.7 Å². The van der Waals surface area contributed by atoms with E-state index in [0.717, 1.165) is 30.2 Å². The van der Waals surface area contributed by atoms with Gasteiger partial charge in [-0.15, -0.1) is 0 Å². The summed E-state index contributed by atoms with van der Waals surface area (Å²) >= 11 is 0. The predicted molar refractivity (Wildman–Crippen MR) is 107 cm³/mol. The van der Waals surface area contributed by atoms with Crippen LogP contribution >= 0.6 is 0 Å². The minimum Gasteiger partial charge on any atom is -0.381 e. The van der Waals surface area contributed by atoms with E-state index in [1.807, 2.05) is 12.1 Å². The van der Waals surface area contributed by atoms with Gasteiger partial charge in [-0.25, -0.2) is 4.98 Å². The van der Waals surface area contributed by atoms with Gasteiger partial charge in [0.25, 0.3) is 5.91 Å². The number of nitrogens with zero attached hydrogens (tertiary/aromatic N) is 3. The maximum Gasteiger partial charge on any atom is 0.256 e. The van der Waals surface area contributed by atoms with Gasteiger partial charge in [0.05, 0.1) is 37.3 Å². The van der Waals surface area contributed by atoms with E-state index >= 15 is 0 Å². The molecule has 2 atom stereocenters. The molecule has 2 aliphatic rings. The SMILES string of the molecule is C[C@@H]1CN(c2cc(C(=O)Nc3cccnc3)c3c(n2)CCOCC3)C[C@H](C)O1. The van der Waals surface area contributed by atoms with Crippen LogP contribution in [-0.2, 0) is 22.3 Å². The van der Waals surface area contributed by atoms with Crippen LogP contribution in [0.5, 0.6) is 0 Å². The van der Waals surface area contributed by atoms with Gasteiger partial charge in [0, 0.05) is 37.0 Å². The molecule has 2 aliphatic heterocycles. The van der Waals surface area contributed by atoms with Crippen molar-refractivity contribution in [2.45, 2.75) is 38.9 Å². The van der Waals surface area contributed by atoms with E-state index < -0.39 is 0 Å². The molecule has 1 fully saturated rings. The van der Waals surface area contributed by atoms with E-state index in [1.165, 1.54) is 0 Å². The van der Waals surface area contributed by atoms with Crippen LogP contribution < -0.4 is 10.2 Å². The molecule has 7 heteroatoms. The van der Waals surface area contributed by atoms with Gasteiger partial charge in [-0.05, 0) is 44.0 Å². The molecule has 1 N–H and O–H groups in total. The molecule has 4 rings (SSSR count). The number of rotatable bonds is 3. The van der Waals surface area contributed by atoms with Gasteiger partial charge in [-0.1, -0.05) is 0 Å². The minimum atomic E-state index is -0.135. The molecule has 1 saturated heterocycles. The van der Waals surface area contributed by atoms with Gasteiger partial charge >= 0.3 is 0 Å². The molecule has 0 radical (unpaired) electrons. The summed E-state index contributed by atoms with van der Waals surface area (Å²) in [6, 6.07) is 5.55. The largest absolute Gasteiger partial charge is 0.381 e. The zero-order valence-corrected chi connectivity index (χ0v) is 16.4. The number of carbonyl (C=O) groups excluding carboxylic acids is 1. The first kappa shape index (κ1) is 18.8. The summed E-state index contributed by atoms with van der Waals surface area (Å²) in [5, 5.41) is 2.96. The van der Waals surface area contributed by atoms with E-state index in [9.17, 15) is 4.79 Å². The lowest BCUT2D eigenvalue weighted by molar-refractivity contribution is -0.00547. The number of hydrogen-bond donors (Lipinski definition) is 1. The van der Waals surface area contributed by atoms with Crippen molar-refractivity contribution in [1.82, 2.24) is 9.97 Å². The van der Waals surface area contributed by atoms with Crippen LogP contribution in [0.2, 0.25) is 0 Å². The van der Waals surface area contributed by atoms with Gasteiger partial charge in [-0.3, -0.25) is 9.78 Å². The molecule has 0 spiro atoms. The van der Waals surface area contributed by atoms with Crippen LogP contribution in [0.25, 0.3) is 0 Å². The Hall–Kier alpha value is -2.51. The number of pyridine rings is 2. The third-order valence-electron chi connectivity index (χ3n) is 5.08. The summed E-state index contributed by atoms with van der Waals surface area (Å²) < 4.78 is 11.5. The van der Waals surface area contributed by atoms with E-state index in [0.29, 0.717) is 37.3 Å². The number of aromatic nitrogens is 2. The molecule has 0 aliphatic carbocycles. The van der Waals surface area contributed by atoms with E-state index in [1.54, 1.807) is 18.5 Å². The van der Waals surface area contributed by atoms with Crippen molar-refractivity contribution >= 4 is 17.4 Å². The fraction of sp³-hybridized carbons (Fsp3) is 0.476. The van der Waals surface area contributed by atoms with E-state index in [4.69, 9.17) is 14.5 Å². The Morgan fingerprint density at radius 1 is 1.21 bits per heavy atom. The number of carbonyl (C=O) groups is 1. The average Bonchev–Trinajstić information content (AvgIpc) is 2.92. The van der Waals surface area contributed by atoms with Crippen molar-refractivity contribution in [2.24, 2.45) is 0 Å². The molecule has 0 unspecified atom stereocenters. The maximum absolute atomic E-state index is 13.1. The van der Waals surface area contributed by atoms with Crippen molar-refractivity contribution in [2.75, 3.05) is 36.5 Å². The molecule has 2 aromatic rings. The van der Waals surface area contributed by atoms with Crippen LogP contribution in [0.1, 0.15) is 35.5 Å². The lowest BCUT2D eigenvalue weighted by atomic mass is 10.0. The molecule has 148 valence electrons. The van der Waals surface area contributed by atoms with Crippen LogP contribution in [0.4, 0.5) is 11.5 Å². The number of anilines is 2. The van der Waals surface area contributed by atoms with Crippen molar-refractivity contribution < 1.29 is 14.3 Å². The highest BCUT2D eigenvalue weighted by atomic mass is 16.5. The first-order valence-electron chi connectivity index (χ1n) is 9.82. The molecule has 7 nitrogen and oxygen atoms in total. The monoisotopic (exact) mass is 382 g/mol. The van der Waals surface area contributed by atoms with E-state index in [2.05, 4.69) is 29.0 Å². The summed E-state index contributed by atoms with van der Waals surface area (Å²) in [7, 11) is 0. The second-order valence-electron chi connectivity index (χ2n) is 7.42. The highest BCUT2D eigenvalue weighted by molar-refractivity contribution is 6.05. The summed E-state index contributed by atoms with van der Waals surface area (Å²) in [5.74, 6) is 0.697. The van der Waals surface area contributed by atoms with Crippen molar-refractivity contribution in [3.8, 4) is 0 Å². The van der Waals surface area contributed by atoms with Crippen LogP contribution in [0.3, 0.4) is 0 Å². The lowest BCUT2D eigenvalue weighted by Crippen LogP contribution is -2.46. The number of fused-ring (bicyclic) bond motifs is 1. The first-order valence-corrected chi connectivity index (χ1v) is 9.82. The van der Waals surface area contributed by atoms with Crippen LogP contribution in [0.15, 0.2) is 30.6 Å². The molecule has 0 aromatic carbocycles. The highest BCUT2D eigenvalue weighted by Gasteiger charge is 2.26. The van der Waals surface area contributed by atoms with Crippen LogP contribution in [-0.4, -0.2) is 54.4 Å². The van der Waals surface area contributed by atoms with Crippen LogP contribution in [0, 0.1) is 0 Å². The van der Waals surface area contributed by atoms with Crippen molar-refractivity contribution in [1.29, 1.82) is 0 Å². The Morgan fingerprint density at radius 2 is 2.00 bits per heavy atom. The number of ether oxygens (including phenoxy) is 2. The number of nitrogens with one attached hydrogen (secondary N) is 1. The van der Waals surface area contributed by atoms with Gasteiger partial charge in [0.15, 0.2) is 0 Å². The van der Waals surface area contributed by atoms with Gasteiger partial charge in [-0.2, -0.15) is 0 Å². The summed E-state index contributed by atoms with van der Waals surface area (Å²) in [4.78, 5) is 24.3. The fourth-order valence-electron chi connectivity index (χ4n) is 3.91. The quantitative estimate of drug-likeness (QED) is 0.879. The van der Waals surface area contributed by atoms with Crippen molar-refractivity contribution in [3.05, 3.63) is 47.4 Å². The summed E-state index contributed by atoms with van der Waals surface area (Å²) in [5.41, 5.74) is 3.29. The minimum absolute atomic E-state index is 0.125. The fourth-order valence-corrected chi connectivity index (χ4v) is 3.91. The average molecular weight is 382 g/mol. The van der Waals surface area contributed by atoms with Crippen molar-refractivity contribution in [3.63, 3.8) is 0 Å². The third-order valence-corrected chi connectivity index (χ3v) is 5.08. The number of amides is 1. The Kier molecular flexibility index (Phi) is 5.54. The molecule has 4 heterocycles. The van der Waals surface area contributed by atoms with E-state index in [-0.39, 0.29) is 18.1 Å². The second kappa shape index (κ2) is 8.24. The number of hydrogen-bond acceptors (Lipinski definition) is 6. The molecular weight excluding hydrogens is 356 g/mol. The maximum atomic E-state index is 13.1. The topological polar surface area (TPSA) is 76.6 Å². The number of morpholine rings is 1. The molecule has 1 amide bonds. The Bertz CT molecular complexity index is 833. The highest BCUT2D eigenvalue weighted by Crippen LogP contribution is 2.26. The Labute approximate surface area is 165 Å². The first-order chi connectivity index (χ1) is 13.6. The Morgan fingerprint density at radius 3 is 2.75 bits per heavy atom. The van der Waals surface area contributed by atoms with Gasteiger partial charge in [0.2, 0.25) is 0 Å². The molecule has 0 bridgehead atoms. The molecule has 0 saturated carbocycles. The second-order valence-corrected chi connectivity index (χ2v) is 7.42. The summed E-state index contributed by atoms with van der Waals surface area (Å²) in [6.07, 6.45) is 4.98. The summed E-state index contributed by atoms with van der Waals surface area (Å²) in [6.45, 7) is 6.88. The zero-order chi connectivity index (χ0) is 19.5. The van der Waals surface area contributed by atoms with Gasteiger partial charge in [0.1, 0.15) is 5.82 Å². The zero-order valence-electron chi connectivity index (χ0n) is 16.4.